The van der Waals surface area contributed by atoms with Crippen molar-refractivity contribution in [3.05, 3.63) is 70.6 Å². The van der Waals surface area contributed by atoms with Crippen molar-refractivity contribution in [1.82, 2.24) is 10.8 Å². The lowest BCUT2D eigenvalue weighted by molar-refractivity contribution is 0.0706. The van der Waals surface area contributed by atoms with E-state index in [2.05, 4.69) is 26.1 Å². The van der Waals surface area contributed by atoms with Crippen LogP contribution in [0.5, 0.6) is 0 Å². The third-order valence-corrected chi connectivity index (χ3v) is 5.51. The minimum absolute atomic E-state index is 0.117. The average Bonchev–Trinajstić information content (AvgIpc) is 3.09. The van der Waals surface area contributed by atoms with E-state index in [9.17, 15) is 9.59 Å². The lowest BCUT2D eigenvalue weighted by atomic mass is 9.82. The van der Waals surface area contributed by atoms with E-state index in [0.717, 1.165) is 15.6 Å². The fourth-order valence-corrected chi connectivity index (χ4v) is 3.95. The normalized spacial score (nSPS) is 12.6. The molecule has 3 rings (SSSR count). The molecule has 27 heavy (non-hydrogen) atoms. The summed E-state index contributed by atoms with van der Waals surface area (Å²) < 4.78 is 1.08. The predicted molar refractivity (Wildman–Crippen MR) is 107 cm³/mol. The Balaban J connectivity index is 1.87. The summed E-state index contributed by atoms with van der Waals surface area (Å²) in [4.78, 5) is 25.0. The molecule has 3 aromatic rings. The first-order valence-electron chi connectivity index (χ1n) is 8.63. The number of hydrogen-bond acceptors (Lipinski definition) is 4. The van der Waals surface area contributed by atoms with Gasteiger partial charge >= 0.3 is 0 Å². The van der Waals surface area contributed by atoms with Crippen molar-refractivity contribution in [3.63, 3.8) is 0 Å². The molecule has 0 radical (unpaired) electrons. The Morgan fingerprint density at radius 2 is 1.67 bits per heavy atom. The van der Waals surface area contributed by atoms with Crippen molar-refractivity contribution in [1.29, 1.82) is 0 Å². The zero-order chi connectivity index (χ0) is 19.6. The number of thiophene rings is 1. The molecule has 0 bridgehead atoms. The molecule has 0 spiro atoms. The van der Waals surface area contributed by atoms with Crippen molar-refractivity contribution >= 4 is 33.2 Å². The summed E-state index contributed by atoms with van der Waals surface area (Å²) >= 11 is 1.47. The van der Waals surface area contributed by atoms with Gasteiger partial charge in [0.15, 0.2) is 0 Å². The number of rotatable bonds is 4. The molecule has 0 fully saturated rings. The van der Waals surface area contributed by atoms with Gasteiger partial charge in [0.25, 0.3) is 11.8 Å². The van der Waals surface area contributed by atoms with Crippen LogP contribution in [0.1, 0.15) is 52.4 Å². The van der Waals surface area contributed by atoms with Gasteiger partial charge in [-0.2, -0.15) is 0 Å². The Kier molecular flexibility index (Phi) is 5.30. The van der Waals surface area contributed by atoms with Gasteiger partial charge in [-0.15, -0.1) is 11.3 Å². The third-order valence-electron chi connectivity index (χ3n) is 4.40. The van der Waals surface area contributed by atoms with Crippen LogP contribution in [-0.2, 0) is 0 Å². The second-order valence-corrected chi connectivity index (χ2v) is 8.57. The quantitative estimate of drug-likeness (QED) is 0.458. The summed E-state index contributed by atoms with van der Waals surface area (Å²) in [5.74, 6) is -0.684. The van der Waals surface area contributed by atoms with Gasteiger partial charge in [-0.05, 0) is 40.6 Å². The maximum atomic E-state index is 12.9. The van der Waals surface area contributed by atoms with E-state index in [1.54, 1.807) is 29.7 Å². The van der Waals surface area contributed by atoms with E-state index in [4.69, 9.17) is 5.21 Å². The molecule has 5 nitrogen and oxygen atoms in total. The molecule has 0 aliphatic heterocycles. The van der Waals surface area contributed by atoms with Crippen molar-refractivity contribution in [2.75, 3.05) is 0 Å². The summed E-state index contributed by atoms with van der Waals surface area (Å²) in [5.41, 5.74) is 2.64. The van der Waals surface area contributed by atoms with Crippen LogP contribution in [0.2, 0.25) is 0 Å². The SMILES string of the molecule is CC(C)(C)[C@H](NC(=O)c1cc2ccccc2s1)c1ccc(C(=O)NO)cc1. The molecule has 1 atom stereocenters. The third kappa shape index (κ3) is 4.18. The van der Waals surface area contributed by atoms with Crippen LogP contribution < -0.4 is 10.8 Å². The maximum Gasteiger partial charge on any atom is 0.274 e. The highest BCUT2D eigenvalue weighted by Gasteiger charge is 2.28. The van der Waals surface area contributed by atoms with E-state index >= 15 is 0 Å². The van der Waals surface area contributed by atoms with E-state index in [1.165, 1.54) is 11.3 Å². The van der Waals surface area contributed by atoms with Gasteiger partial charge in [0.1, 0.15) is 0 Å². The van der Waals surface area contributed by atoms with Gasteiger partial charge in [0.2, 0.25) is 0 Å². The highest BCUT2D eigenvalue weighted by atomic mass is 32.1. The van der Waals surface area contributed by atoms with Crippen LogP contribution in [0.25, 0.3) is 10.1 Å². The summed E-state index contributed by atoms with van der Waals surface area (Å²) in [6.07, 6.45) is 0. The van der Waals surface area contributed by atoms with Crippen LogP contribution in [0.3, 0.4) is 0 Å². The Morgan fingerprint density at radius 1 is 1.00 bits per heavy atom. The zero-order valence-electron chi connectivity index (χ0n) is 15.4. The molecule has 0 aliphatic carbocycles. The number of carbonyl (C=O) groups excluding carboxylic acids is 2. The van der Waals surface area contributed by atoms with Crippen molar-refractivity contribution < 1.29 is 14.8 Å². The lowest BCUT2D eigenvalue weighted by Crippen LogP contribution is -2.36. The van der Waals surface area contributed by atoms with Gasteiger partial charge in [-0.25, -0.2) is 5.48 Å². The van der Waals surface area contributed by atoms with Crippen LogP contribution in [-0.4, -0.2) is 17.0 Å². The number of nitrogens with one attached hydrogen (secondary N) is 2. The average molecular weight is 382 g/mol. The molecule has 0 aliphatic rings. The molecule has 0 saturated heterocycles. The molecule has 1 aromatic heterocycles. The number of benzene rings is 2. The zero-order valence-corrected chi connectivity index (χ0v) is 16.3. The van der Waals surface area contributed by atoms with Crippen LogP contribution in [0, 0.1) is 5.41 Å². The highest BCUT2D eigenvalue weighted by molar-refractivity contribution is 7.20. The molecule has 1 heterocycles. The first kappa shape index (κ1) is 19.1. The Labute approximate surface area is 162 Å². The number of carbonyl (C=O) groups is 2. The lowest BCUT2D eigenvalue weighted by Gasteiger charge is -2.32. The fourth-order valence-electron chi connectivity index (χ4n) is 2.99. The molecule has 3 N–H and O–H groups in total. The van der Waals surface area contributed by atoms with E-state index in [-0.39, 0.29) is 17.4 Å². The summed E-state index contributed by atoms with van der Waals surface area (Å²) in [6.45, 7) is 6.16. The van der Waals surface area contributed by atoms with Gasteiger partial charge in [-0.1, -0.05) is 51.1 Å². The topological polar surface area (TPSA) is 78.4 Å². The molecular weight excluding hydrogens is 360 g/mol. The molecule has 2 amide bonds. The fraction of sp³-hybridized carbons (Fsp3) is 0.238. The minimum Gasteiger partial charge on any atom is -0.344 e. The smallest absolute Gasteiger partial charge is 0.274 e. The van der Waals surface area contributed by atoms with Gasteiger partial charge in [0.05, 0.1) is 10.9 Å². The number of hydroxylamine groups is 1. The summed E-state index contributed by atoms with van der Waals surface area (Å²) in [5, 5.41) is 12.9. The molecule has 6 heteroatoms. The van der Waals surface area contributed by atoms with Gasteiger partial charge in [-0.3, -0.25) is 14.8 Å². The molecular formula is C21H22N2O3S. The predicted octanol–water partition coefficient (Wildman–Crippen LogP) is 4.54. The Morgan fingerprint density at radius 3 is 2.26 bits per heavy atom. The monoisotopic (exact) mass is 382 g/mol. The minimum atomic E-state index is -0.567. The first-order valence-corrected chi connectivity index (χ1v) is 9.45. The largest absolute Gasteiger partial charge is 0.344 e. The van der Waals surface area contributed by atoms with Crippen LogP contribution in [0.4, 0.5) is 0 Å². The molecule has 0 saturated carbocycles. The standard InChI is InChI=1S/C21H22N2O3S/c1-21(2,3)18(13-8-10-14(11-9-13)19(24)23-26)22-20(25)17-12-15-6-4-5-7-16(15)27-17/h4-12,18,26H,1-3H3,(H,22,25)(H,23,24)/t18-/m1/s1. The number of hydrogen-bond donors (Lipinski definition) is 3. The summed E-state index contributed by atoms with van der Waals surface area (Å²) in [6, 6.07) is 16.4. The first-order chi connectivity index (χ1) is 12.8. The number of fused-ring (bicyclic) bond motifs is 1. The van der Waals surface area contributed by atoms with Crippen molar-refractivity contribution in [3.8, 4) is 0 Å². The molecule has 140 valence electrons. The Bertz CT molecular complexity index is 938. The second-order valence-electron chi connectivity index (χ2n) is 7.48. The van der Waals surface area contributed by atoms with Crippen LogP contribution >= 0.6 is 11.3 Å². The van der Waals surface area contributed by atoms with Crippen molar-refractivity contribution in [2.24, 2.45) is 5.41 Å². The van der Waals surface area contributed by atoms with Gasteiger partial charge in [0, 0.05) is 10.3 Å². The molecule has 0 unspecified atom stereocenters. The number of amides is 2. The highest BCUT2D eigenvalue weighted by Crippen LogP contribution is 2.34. The Hall–Kier alpha value is -2.70. The molecule has 2 aromatic carbocycles. The van der Waals surface area contributed by atoms with E-state index in [1.807, 2.05) is 30.3 Å². The maximum absolute atomic E-state index is 12.9. The van der Waals surface area contributed by atoms with E-state index in [0.29, 0.717) is 10.4 Å². The van der Waals surface area contributed by atoms with Gasteiger partial charge < -0.3 is 5.32 Å². The second kappa shape index (κ2) is 7.50. The van der Waals surface area contributed by atoms with E-state index < -0.39 is 5.91 Å². The summed E-state index contributed by atoms with van der Waals surface area (Å²) in [7, 11) is 0. The van der Waals surface area contributed by atoms with Crippen LogP contribution in [0.15, 0.2) is 54.6 Å². The van der Waals surface area contributed by atoms with Crippen molar-refractivity contribution in [2.45, 2.75) is 26.8 Å².